The fourth-order valence-electron chi connectivity index (χ4n) is 2.29. The van der Waals surface area contributed by atoms with E-state index in [1.165, 1.54) is 0 Å². The number of amides is 1. The molecule has 18 heavy (non-hydrogen) atoms. The topological polar surface area (TPSA) is 61.4 Å². The Bertz CT molecular complexity index is 317. The molecule has 1 heterocycles. The van der Waals surface area contributed by atoms with Gasteiger partial charge in [-0.25, -0.2) is 0 Å². The zero-order valence-corrected chi connectivity index (χ0v) is 12.0. The minimum atomic E-state index is -0.370. The van der Waals surface area contributed by atoms with E-state index in [-0.39, 0.29) is 29.8 Å². The highest BCUT2D eigenvalue weighted by atomic mass is 16.2. The van der Waals surface area contributed by atoms with Gasteiger partial charge in [-0.3, -0.25) is 14.5 Å². The monoisotopic (exact) mass is 255 g/mol. The summed E-state index contributed by atoms with van der Waals surface area (Å²) in [6.45, 7) is 6.54. The second-order valence-electron chi connectivity index (χ2n) is 5.58. The highest BCUT2D eigenvalue weighted by Crippen LogP contribution is 2.13. The summed E-state index contributed by atoms with van der Waals surface area (Å²) in [7, 11) is 3.68. The van der Waals surface area contributed by atoms with Crippen molar-refractivity contribution in [1.82, 2.24) is 15.5 Å². The summed E-state index contributed by atoms with van der Waals surface area (Å²) in [6.07, 6.45) is 0.771. The third-order valence-electron chi connectivity index (χ3n) is 3.60. The molecule has 0 aromatic rings. The fraction of sp³-hybridized carbons (Fsp3) is 0.846. The second kappa shape index (κ2) is 6.29. The molecule has 0 aromatic carbocycles. The number of carbonyl (C=O) groups is 2. The number of Topliss-reactive ketones (excluding diaryl/α,β-unsaturated/α-hetero) is 1. The third-order valence-corrected chi connectivity index (χ3v) is 3.60. The summed E-state index contributed by atoms with van der Waals surface area (Å²) < 4.78 is 0. The van der Waals surface area contributed by atoms with Gasteiger partial charge in [-0.2, -0.15) is 0 Å². The van der Waals surface area contributed by atoms with E-state index in [1.54, 1.807) is 7.05 Å². The van der Waals surface area contributed by atoms with E-state index in [0.717, 1.165) is 6.42 Å². The van der Waals surface area contributed by atoms with E-state index in [0.29, 0.717) is 12.5 Å². The second-order valence-corrected chi connectivity index (χ2v) is 5.58. The minimum absolute atomic E-state index is 0.0676. The quantitative estimate of drug-likeness (QED) is 0.726. The van der Waals surface area contributed by atoms with Crippen molar-refractivity contribution >= 4 is 11.7 Å². The Balaban J connectivity index is 2.60. The van der Waals surface area contributed by atoms with Crippen molar-refractivity contribution in [2.45, 2.75) is 45.3 Å². The number of carbonyl (C=O) groups excluding carboxylic acids is 2. The maximum Gasteiger partial charge on any atom is 0.237 e. The van der Waals surface area contributed by atoms with E-state index in [2.05, 4.69) is 24.5 Å². The Morgan fingerprint density at radius 3 is 2.50 bits per heavy atom. The maximum absolute atomic E-state index is 12.1. The lowest BCUT2D eigenvalue weighted by molar-refractivity contribution is -0.127. The van der Waals surface area contributed by atoms with Gasteiger partial charge >= 0.3 is 0 Å². The van der Waals surface area contributed by atoms with Crippen LogP contribution in [-0.4, -0.2) is 55.4 Å². The zero-order valence-electron chi connectivity index (χ0n) is 12.0. The van der Waals surface area contributed by atoms with Crippen LogP contribution in [0.25, 0.3) is 0 Å². The molecule has 1 aliphatic rings. The van der Waals surface area contributed by atoms with Crippen molar-refractivity contribution in [3.8, 4) is 0 Å². The van der Waals surface area contributed by atoms with Crippen LogP contribution in [0, 0.1) is 5.92 Å². The van der Waals surface area contributed by atoms with Crippen molar-refractivity contribution in [3.63, 3.8) is 0 Å². The third kappa shape index (κ3) is 3.53. The summed E-state index contributed by atoms with van der Waals surface area (Å²) in [4.78, 5) is 25.9. The van der Waals surface area contributed by atoms with Crippen LogP contribution in [0.15, 0.2) is 0 Å². The van der Waals surface area contributed by atoms with Gasteiger partial charge in [0.15, 0.2) is 5.78 Å². The Morgan fingerprint density at radius 2 is 2.11 bits per heavy atom. The first-order chi connectivity index (χ1) is 8.36. The number of hydrogen-bond acceptors (Lipinski definition) is 4. The Hall–Kier alpha value is -0.940. The number of ketones is 1. The van der Waals surface area contributed by atoms with Crippen LogP contribution in [-0.2, 0) is 9.59 Å². The molecule has 1 saturated heterocycles. The summed E-state index contributed by atoms with van der Waals surface area (Å²) in [6, 6.07) is -0.528. The first-order valence-corrected chi connectivity index (χ1v) is 6.57. The molecular weight excluding hydrogens is 230 g/mol. The molecule has 5 nitrogen and oxygen atoms in total. The Labute approximate surface area is 109 Å². The van der Waals surface area contributed by atoms with Crippen molar-refractivity contribution in [2.24, 2.45) is 5.92 Å². The number of hydrogen-bond donors (Lipinski definition) is 2. The maximum atomic E-state index is 12.1. The lowest BCUT2D eigenvalue weighted by Crippen LogP contribution is -2.52. The van der Waals surface area contributed by atoms with Gasteiger partial charge < -0.3 is 10.6 Å². The normalized spacial score (nSPS) is 26.7. The summed E-state index contributed by atoms with van der Waals surface area (Å²) in [5, 5.41) is 5.88. The highest BCUT2D eigenvalue weighted by molar-refractivity contribution is 5.94. The number of nitrogens with one attached hydrogen (secondary N) is 2. The molecule has 5 heteroatoms. The molecule has 3 atom stereocenters. The summed E-state index contributed by atoms with van der Waals surface area (Å²) in [5.74, 6) is 0.456. The van der Waals surface area contributed by atoms with Crippen molar-refractivity contribution in [3.05, 3.63) is 0 Å². The minimum Gasteiger partial charge on any atom is -0.343 e. The van der Waals surface area contributed by atoms with E-state index in [9.17, 15) is 9.59 Å². The van der Waals surface area contributed by atoms with Gasteiger partial charge in [-0.05, 0) is 33.4 Å². The predicted octanol–water partition coefficient (Wildman–Crippen LogP) is 0.00830. The van der Waals surface area contributed by atoms with Crippen molar-refractivity contribution in [1.29, 1.82) is 0 Å². The van der Waals surface area contributed by atoms with Gasteiger partial charge in [-0.1, -0.05) is 13.8 Å². The van der Waals surface area contributed by atoms with Gasteiger partial charge in [0.25, 0.3) is 0 Å². The molecule has 104 valence electrons. The first-order valence-electron chi connectivity index (χ1n) is 6.57. The molecule has 0 unspecified atom stereocenters. The highest BCUT2D eigenvalue weighted by Gasteiger charge is 2.37. The molecule has 0 radical (unpaired) electrons. The first kappa shape index (κ1) is 15.1. The van der Waals surface area contributed by atoms with Gasteiger partial charge in [0.05, 0.1) is 12.6 Å². The van der Waals surface area contributed by atoms with Crippen LogP contribution in [0.5, 0.6) is 0 Å². The van der Waals surface area contributed by atoms with E-state index >= 15 is 0 Å². The van der Waals surface area contributed by atoms with E-state index in [1.807, 2.05) is 18.9 Å². The molecule has 0 aliphatic carbocycles. The van der Waals surface area contributed by atoms with Crippen LogP contribution in [0.2, 0.25) is 0 Å². The average molecular weight is 255 g/mol. The zero-order chi connectivity index (χ0) is 13.9. The van der Waals surface area contributed by atoms with E-state index < -0.39 is 0 Å². The van der Waals surface area contributed by atoms with Gasteiger partial charge in [0, 0.05) is 6.04 Å². The van der Waals surface area contributed by atoms with Gasteiger partial charge in [-0.15, -0.1) is 0 Å². The largest absolute Gasteiger partial charge is 0.343 e. The molecule has 2 N–H and O–H groups in total. The van der Waals surface area contributed by atoms with Crippen LogP contribution in [0.3, 0.4) is 0 Å². The number of nitrogens with zero attached hydrogens (tertiary/aromatic N) is 1. The lowest BCUT2D eigenvalue weighted by Gasteiger charge is -2.23. The van der Waals surface area contributed by atoms with Gasteiger partial charge in [0.1, 0.15) is 6.04 Å². The smallest absolute Gasteiger partial charge is 0.237 e. The molecule has 0 saturated carbocycles. The van der Waals surface area contributed by atoms with Crippen molar-refractivity contribution < 1.29 is 9.59 Å². The van der Waals surface area contributed by atoms with Crippen LogP contribution >= 0.6 is 0 Å². The van der Waals surface area contributed by atoms with Gasteiger partial charge in [0.2, 0.25) is 5.91 Å². The van der Waals surface area contributed by atoms with E-state index in [4.69, 9.17) is 0 Å². The average Bonchev–Trinajstić information content (AvgIpc) is 2.52. The Kier molecular flexibility index (Phi) is 5.28. The molecule has 0 spiro atoms. The standard InChI is InChI=1S/C13H25N3O2/c1-8(2)6-10(14-4)13(18)15-12-9(3)16(5)7-11(12)17/h8-10,12,14H,6-7H2,1-5H3,(H,15,18)/t9-,10-,12-/m0/s1. The van der Waals surface area contributed by atoms with Crippen LogP contribution in [0.1, 0.15) is 27.2 Å². The Morgan fingerprint density at radius 1 is 1.50 bits per heavy atom. The molecular formula is C13H25N3O2. The number of likely N-dealkylation sites (N-methyl/N-ethyl adjacent to an activating group) is 2. The summed E-state index contributed by atoms with van der Waals surface area (Å²) >= 11 is 0. The summed E-state index contributed by atoms with van der Waals surface area (Å²) in [5.41, 5.74) is 0. The molecule has 0 bridgehead atoms. The molecule has 1 aliphatic heterocycles. The SMILES string of the molecule is CN[C@@H](CC(C)C)C(=O)N[C@@H]1C(=O)CN(C)[C@H]1C. The predicted molar refractivity (Wildman–Crippen MR) is 71.3 cm³/mol. The molecule has 1 fully saturated rings. The number of likely N-dealkylation sites (tertiary alicyclic amines) is 1. The van der Waals surface area contributed by atoms with Crippen LogP contribution < -0.4 is 10.6 Å². The molecule has 1 amide bonds. The van der Waals surface area contributed by atoms with Crippen LogP contribution in [0.4, 0.5) is 0 Å². The molecule has 0 aromatic heterocycles. The fourth-order valence-corrected chi connectivity index (χ4v) is 2.29. The van der Waals surface area contributed by atoms with Crippen molar-refractivity contribution in [2.75, 3.05) is 20.6 Å². The number of rotatable bonds is 5. The molecule has 1 rings (SSSR count). The lowest BCUT2D eigenvalue weighted by atomic mass is 10.0.